The Morgan fingerprint density at radius 2 is 1.53 bits per heavy atom. The van der Waals surface area contributed by atoms with Crippen molar-refractivity contribution in [2.45, 2.75) is 66.3 Å². The van der Waals surface area contributed by atoms with Gasteiger partial charge in [0.1, 0.15) is 0 Å². The summed E-state index contributed by atoms with van der Waals surface area (Å²) in [5, 5.41) is 0.964. The number of aryl methyl sites for hydroxylation is 3. The number of pyridine rings is 1. The topological polar surface area (TPSA) is 62.2 Å². The van der Waals surface area contributed by atoms with Crippen LogP contribution in [0.3, 0.4) is 0 Å². The molecule has 0 bridgehead atoms. The van der Waals surface area contributed by atoms with Crippen molar-refractivity contribution in [2.24, 2.45) is 0 Å². The predicted octanol–water partition coefficient (Wildman–Crippen LogP) is 5.61. The molecule has 6 nitrogen and oxygen atoms in total. The molecule has 0 aliphatic carbocycles. The van der Waals surface area contributed by atoms with Crippen LogP contribution in [0.1, 0.15) is 67.0 Å². The monoisotopic (exact) mass is 431 g/mol. The van der Waals surface area contributed by atoms with Gasteiger partial charge in [0, 0.05) is 42.3 Å². The smallest absolute Gasteiger partial charge is 0.259 e. The summed E-state index contributed by atoms with van der Waals surface area (Å²) in [4.78, 5) is 31.9. The highest BCUT2D eigenvalue weighted by molar-refractivity contribution is 6.26. The van der Waals surface area contributed by atoms with Crippen LogP contribution in [-0.4, -0.2) is 41.0 Å². The molecule has 3 heterocycles. The second-order valence-electron chi connectivity index (χ2n) is 9.04. The molecule has 1 aromatic carbocycles. The number of aromatic nitrogens is 3. The molecule has 6 heteroatoms. The van der Waals surface area contributed by atoms with E-state index in [0.29, 0.717) is 5.95 Å². The maximum Gasteiger partial charge on any atom is 0.259 e. The molecular weight excluding hydrogens is 398 g/mol. The normalized spacial score (nSPS) is 13.0. The number of nitrogens with zero attached hydrogens (tertiary/aromatic N) is 5. The highest BCUT2D eigenvalue weighted by Crippen LogP contribution is 2.44. The maximum atomic E-state index is 13.5. The first-order chi connectivity index (χ1) is 15.3. The van der Waals surface area contributed by atoms with Crippen LogP contribution in [0.4, 0.5) is 11.6 Å². The number of carbonyl (C=O) groups excluding carboxylic acids is 1. The summed E-state index contributed by atoms with van der Waals surface area (Å²) in [6.07, 6.45) is 4.11. The van der Waals surface area contributed by atoms with Gasteiger partial charge < -0.3 is 9.80 Å². The van der Waals surface area contributed by atoms with Gasteiger partial charge in [-0.2, -0.15) is 0 Å². The Bertz CT molecular complexity index is 1170. The molecule has 32 heavy (non-hydrogen) atoms. The summed E-state index contributed by atoms with van der Waals surface area (Å²) in [6.45, 7) is 10.4. The molecular formula is C26H33N5O. The summed E-state index contributed by atoms with van der Waals surface area (Å²) in [5.41, 5.74) is 7.36. The van der Waals surface area contributed by atoms with E-state index in [4.69, 9.17) is 15.0 Å². The number of rotatable bonds is 7. The Kier molecular flexibility index (Phi) is 5.89. The lowest BCUT2D eigenvalue weighted by Gasteiger charge is -2.28. The molecule has 1 aliphatic rings. The van der Waals surface area contributed by atoms with E-state index in [1.54, 1.807) is 0 Å². The second-order valence-corrected chi connectivity index (χ2v) is 9.04. The Balaban J connectivity index is 1.97. The first kappa shape index (κ1) is 22.2. The summed E-state index contributed by atoms with van der Waals surface area (Å²) in [5.74, 6) is 0.797. The number of anilines is 2. The zero-order valence-electron chi connectivity index (χ0n) is 20.3. The van der Waals surface area contributed by atoms with Crippen LogP contribution in [0, 0.1) is 20.8 Å². The molecule has 1 aliphatic heterocycles. The fourth-order valence-electron chi connectivity index (χ4n) is 4.97. The number of benzene rings is 1. The van der Waals surface area contributed by atoms with Crippen LogP contribution in [0.5, 0.6) is 0 Å². The SMILES string of the molecule is CCCC(CCC)N1C(=O)c2ccc(-c3c(C)nc(N(C)C)nc3C)c3nc(C)cc1c23. The van der Waals surface area contributed by atoms with Crippen molar-refractivity contribution >= 4 is 28.4 Å². The van der Waals surface area contributed by atoms with Gasteiger partial charge in [-0.25, -0.2) is 9.97 Å². The van der Waals surface area contributed by atoms with E-state index in [0.717, 1.165) is 76.0 Å². The highest BCUT2D eigenvalue weighted by atomic mass is 16.2. The number of hydrogen-bond donors (Lipinski definition) is 0. The maximum absolute atomic E-state index is 13.5. The van der Waals surface area contributed by atoms with Gasteiger partial charge in [-0.05, 0) is 45.7 Å². The third-order valence-electron chi connectivity index (χ3n) is 6.31. The number of amides is 1. The average molecular weight is 432 g/mol. The van der Waals surface area contributed by atoms with Gasteiger partial charge in [0.05, 0.1) is 28.2 Å². The van der Waals surface area contributed by atoms with Crippen LogP contribution in [0.2, 0.25) is 0 Å². The summed E-state index contributed by atoms with van der Waals surface area (Å²) >= 11 is 0. The van der Waals surface area contributed by atoms with E-state index in [9.17, 15) is 4.79 Å². The molecule has 0 spiro atoms. The average Bonchev–Trinajstić information content (AvgIpc) is 3.00. The Morgan fingerprint density at radius 3 is 2.09 bits per heavy atom. The third-order valence-corrected chi connectivity index (χ3v) is 6.31. The van der Waals surface area contributed by atoms with Crippen LogP contribution in [0.15, 0.2) is 18.2 Å². The van der Waals surface area contributed by atoms with Crippen molar-refractivity contribution < 1.29 is 4.79 Å². The largest absolute Gasteiger partial charge is 0.347 e. The summed E-state index contributed by atoms with van der Waals surface area (Å²) in [6, 6.07) is 6.28. The lowest BCUT2D eigenvalue weighted by molar-refractivity contribution is 0.0980. The van der Waals surface area contributed by atoms with Gasteiger partial charge in [-0.15, -0.1) is 0 Å². The van der Waals surface area contributed by atoms with Gasteiger partial charge in [0.25, 0.3) is 5.91 Å². The standard InChI is InChI=1S/C26H33N5O/c1-8-10-18(11-9-2)31-21-14-15(3)27-24-19(12-13-20(23(21)24)25(31)32)22-16(4)28-26(30(6)7)29-17(22)5/h12-14,18H,8-11H2,1-7H3. The Labute approximate surface area is 190 Å². The third kappa shape index (κ3) is 3.51. The summed E-state index contributed by atoms with van der Waals surface area (Å²) in [7, 11) is 3.89. The molecule has 0 saturated heterocycles. The van der Waals surface area contributed by atoms with Crippen molar-refractivity contribution in [3.8, 4) is 11.1 Å². The van der Waals surface area contributed by atoms with Crippen LogP contribution in [-0.2, 0) is 0 Å². The van der Waals surface area contributed by atoms with Gasteiger partial charge in [0.15, 0.2) is 0 Å². The number of carbonyl (C=O) groups is 1. The van der Waals surface area contributed by atoms with Crippen LogP contribution < -0.4 is 9.80 Å². The van der Waals surface area contributed by atoms with Crippen LogP contribution >= 0.6 is 0 Å². The zero-order chi connectivity index (χ0) is 23.2. The molecule has 4 rings (SSSR count). The van der Waals surface area contributed by atoms with Crippen molar-refractivity contribution in [2.75, 3.05) is 23.9 Å². The molecule has 0 fully saturated rings. The van der Waals surface area contributed by atoms with E-state index < -0.39 is 0 Å². The minimum Gasteiger partial charge on any atom is -0.347 e. The minimum atomic E-state index is 0.100. The quantitative estimate of drug-likeness (QED) is 0.486. The van der Waals surface area contributed by atoms with Gasteiger partial charge in [-0.3, -0.25) is 9.78 Å². The van der Waals surface area contributed by atoms with Crippen molar-refractivity contribution in [1.29, 1.82) is 0 Å². The molecule has 0 atom stereocenters. The van der Waals surface area contributed by atoms with Gasteiger partial charge in [0.2, 0.25) is 5.95 Å². The van der Waals surface area contributed by atoms with Crippen molar-refractivity contribution in [3.63, 3.8) is 0 Å². The van der Waals surface area contributed by atoms with Crippen molar-refractivity contribution in [3.05, 3.63) is 40.8 Å². The molecule has 0 unspecified atom stereocenters. The molecule has 2 aromatic heterocycles. The first-order valence-corrected chi connectivity index (χ1v) is 11.6. The fraction of sp³-hybridized carbons (Fsp3) is 0.462. The van der Waals surface area contributed by atoms with Crippen LogP contribution in [0.25, 0.3) is 22.0 Å². The van der Waals surface area contributed by atoms with E-state index in [2.05, 4.69) is 19.9 Å². The Morgan fingerprint density at radius 1 is 0.938 bits per heavy atom. The summed E-state index contributed by atoms with van der Waals surface area (Å²) < 4.78 is 0. The molecule has 168 valence electrons. The van der Waals surface area contributed by atoms with E-state index >= 15 is 0 Å². The lowest BCUT2D eigenvalue weighted by atomic mass is 9.96. The molecule has 1 amide bonds. The van der Waals surface area contributed by atoms with Crippen molar-refractivity contribution in [1.82, 2.24) is 15.0 Å². The van der Waals surface area contributed by atoms with Gasteiger partial charge in [-0.1, -0.05) is 32.8 Å². The fourth-order valence-corrected chi connectivity index (χ4v) is 4.97. The van der Waals surface area contributed by atoms with Gasteiger partial charge >= 0.3 is 0 Å². The lowest BCUT2D eigenvalue weighted by Crippen LogP contribution is -2.37. The molecule has 0 N–H and O–H groups in total. The van der Waals surface area contributed by atoms with E-state index in [1.165, 1.54) is 0 Å². The predicted molar refractivity (Wildman–Crippen MR) is 132 cm³/mol. The second kappa shape index (κ2) is 8.49. The molecule has 0 saturated carbocycles. The highest BCUT2D eigenvalue weighted by Gasteiger charge is 2.36. The molecule has 0 radical (unpaired) electrons. The minimum absolute atomic E-state index is 0.100. The molecule has 3 aromatic rings. The first-order valence-electron chi connectivity index (χ1n) is 11.6. The Hall–Kier alpha value is -3.02. The van der Waals surface area contributed by atoms with E-state index in [-0.39, 0.29) is 11.9 Å². The number of hydrogen-bond acceptors (Lipinski definition) is 5. The van der Waals surface area contributed by atoms with E-state index in [1.807, 2.05) is 56.8 Å². The zero-order valence-corrected chi connectivity index (χ0v) is 20.3.